The van der Waals surface area contributed by atoms with Gasteiger partial charge in [0.2, 0.25) is 0 Å². The van der Waals surface area contributed by atoms with Crippen molar-refractivity contribution in [3.05, 3.63) is 45.0 Å². The van der Waals surface area contributed by atoms with E-state index < -0.39 is 16.8 Å². The molecule has 0 amide bonds. The second-order valence-electron chi connectivity index (χ2n) is 3.36. The van der Waals surface area contributed by atoms with Gasteiger partial charge in [0.25, 0.3) is 0 Å². The first-order chi connectivity index (χ1) is 6.54. The Labute approximate surface area is 85.6 Å². The Morgan fingerprint density at radius 3 is 2.50 bits per heavy atom. The summed E-state index contributed by atoms with van der Waals surface area (Å²) in [6, 6.07) is 6.86. The number of nitrogens with zero attached hydrogens (tertiary/aromatic N) is 1. The van der Waals surface area contributed by atoms with Crippen LogP contribution < -0.4 is 0 Å². The Bertz CT molecular complexity index is 378. The van der Waals surface area contributed by atoms with E-state index >= 15 is 0 Å². The van der Waals surface area contributed by atoms with E-state index in [1.807, 2.05) is 0 Å². The minimum absolute atomic E-state index is 0.410. The first-order valence-electron chi connectivity index (χ1n) is 4.12. The molecule has 1 heterocycles. The first-order valence-corrected chi connectivity index (χ1v) is 4.49. The van der Waals surface area contributed by atoms with Gasteiger partial charge in [-0.2, -0.15) is 0 Å². The number of ether oxygens (including phenoxy) is 1. The summed E-state index contributed by atoms with van der Waals surface area (Å²) in [6.07, 6.45) is -0.449. The van der Waals surface area contributed by atoms with Gasteiger partial charge in [0.05, 0.1) is 4.92 Å². The van der Waals surface area contributed by atoms with E-state index in [0.717, 1.165) is 5.56 Å². The molecule has 0 bridgehead atoms. The molecule has 1 aliphatic rings. The van der Waals surface area contributed by atoms with Crippen molar-refractivity contribution in [3.63, 3.8) is 0 Å². The minimum Gasteiger partial charge on any atom is -0.294 e. The van der Waals surface area contributed by atoms with Crippen molar-refractivity contribution in [1.29, 1.82) is 0 Å². The molecule has 1 aromatic carbocycles. The quantitative estimate of drug-likeness (QED) is 0.431. The van der Waals surface area contributed by atoms with Gasteiger partial charge in [0, 0.05) is 11.9 Å². The highest BCUT2D eigenvalue weighted by Crippen LogP contribution is 2.49. The molecule has 4 nitrogen and oxygen atoms in total. The van der Waals surface area contributed by atoms with E-state index in [2.05, 4.69) is 0 Å². The number of halogens is 1. The molecule has 0 radical (unpaired) electrons. The monoisotopic (exact) mass is 213 g/mol. The van der Waals surface area contributed by atoms with E-state index in [1.165, 1.54) is 6.92 Å². The predicted molar refractivity (Wildman–Crippen MR) is 50.7 cm³/mol. The summed E-state index contributed by atoms with van der Waals surface area (Å²) in [5, 5.41) is 11.2. The molecule has 2 rings (SSSR count). The second kappa shape index (κ2) is 2.93. The number of hydrogen-bond acceptors (Lipinski definition) is 3. The molecule has 0 unspecified atom stereocenters. The topological polar surface area (TPSA) is 55.7 Å². The lowest BCUT2D eigenvalue weighted by atomic mass is 10.1. The summed E-state index contributed by atoms with van der Waals surface area (Å²) in [5.41, 5.74) is -0.470. The minimum atomic E-state index is -1.26. The largest absolute Gasteiger partial charge is 0.353 e. The first kappa shape index (κ1) is 9.43. The Morgan fingerprint density at radius 2 is 2.07 bits per heavy atom. The van der Waals surface area contributed by atoms with Crippen LogP contribution in [0.2, 0.25) is 5.02 Å². The van der Waals surface area contributed by atoms with Crippen molar-refractivity contribution < 1.29 is 9.66 Å². The fourth-order valence-corrected chi connectivity index (χ4v) is 1.48. The van der Waals surface area contributed by atoms with Crippen LogP contribution in [0.3, 0.4) is 0 Å². The van der Waals surface area contributed by atoms with Crippen molar-refractivity contribution >= 4 is 11.6 Å². The number of rotatable bonds is 2. The maximum atomic E-state index is 10.6. The third kappa shape index (κ3) is 1.36. The van der Waals surface area contributed by atoms with Gasteiger partial charge in [0.1, 0.15) is 0 Å². The number of nitro groups is 1. The molecule has 0 N–H and O–H groups in total. The van der Waals surface area contributed by atoms with Gasteiger partial charge in [-0.3, -0.25) is 14.9 Å². The molecule has 0 saturated carbocycles. The standard InChI is InChI=1S/C9H8ClNO3/c1-9(11(12)13)8(14-9)6-2-4-7(10)5-3-6/h2-5,8H,1H3/t8-,9+/m0/s1. The van der Waals surface area contributed by atoms with Gasteiger partial charge in [-0.1, -0.05) is 23.7 Å². The Balaban J connectivity index is 2.21. The molecule has 74 valence electrons. The van der Waals surface area contributed by atoms with Gasteiger partial charge >= 0.3 is 5.72 Å². The van der Waals surface area contributed by atoms with Gasteiger partial charge in [-0.15, -0.1) is 0 Å². The zero-order valence-corrected chi connectivity index (χ0v) is 8.19. The van der Waals surface area contributed by atoms with E-state index in [0.29, 0.717) is 5.02 Å². The number of epoxide rings is 1. The van der Waals surface area contributed by atoms with Gasteiger partial charge in [0.15, 0.2) is 6.10 Å². The van der Waals surface area contributed by atoms with Crippen molar-refractivity contribution in [1.82, 2.24) is 0 Å². The van der Waals surface area contributed by atoms with E-state index in [1.54, 1.807) is 24.3 Å². The number of hydrogen-bond donors (Lipinski definition) is 0. The summed E-state index contributed by atoms with van der Waals surface area (Å²) in [7, 11) is 0. The number of benzene rings is 1. The summed E-state index contributed by atoms with van der Waals surface area (Å²) < 4.78 is 5.05. The molecular weight excluding hydrogens is 206 g/mol. The lowest BCUT2D eigenvalue weighted by molar-refractivity contribution is -0.558. The molecule has 0 aromatic heterocycles. The molecule has 0 aliphatic carbocycles. The zero-order chi connectivity index (χ0) is 10.3. The zero-order valence-electron chi connectivity index (χ0n) is 7.44. The molecule has 14 heavy (non-hydrogen) atoms. The van der Waals surface area contributed by atoms with Crippen LogP contribution in [0.4, 0.5) is 0 Å². The summed E-state index contributed by atoms with van der Waals surface area (Å²) in [5.74, 6) is 0. The van der Waals surface area contributed by atoms with Gasteiger partial charge < -0.3 is 0 Å². The van der Waals surface area contributed by atoms with Crippen molar-refractivity contribution in [2.75, 3.05) is 0 Å². The van der Waals surface area contributed by atoms with Crippen LogP contribution in [0.5, 0.6) is 0 Å². The fourth-order valence-electron chi connectivity index (χ4n) is 1.36. The third-order valence-electron chi connectivity index (χ3n) is 2.32. The van der Waals surface area contributed by atoms with E-state index in [4.69, 9.17) is 16.3 Å². The maximum Gasteiger partial charge on any atom is 0.353 e. The van der Waals surface area contributed by atoms with E-state index in [9.17, 15) is 10.1 Å². The predicted octanol–water partition coefficient (Wildman–Crippen LogP) is 2.40. The molecule has 1 aromatic rings. The van der Waals surface area contributed by atoms with Crippen LogP contribution in [0.15, 0.2) is 24.3 Å². The molecular formula is C9H8ClNO3. The SMILES string of the molecule is C[C@@]1([N+](=O)[O-])O[C@H]1c1ccc(Cl)cc1. The van der Waals surface area contributed by atoms with Crippen molar-refractivity contribution in [2.45, 2.75) is 18.8 Å². The third-order valence-corrected chi connectivity index (χ3v) is 2.57. The molecule has 1 saturated heterocycles. The van der Waals surface area contributed by atoms with Crippen LogP contribution >= 0.6 is 11.6 Å². The lowest BCUT2D eigenvalue weighted by Crippen LogP contribution is -2.19. The van der Waals surface area contributed by atoms with Crippen LogP contribution in [0.25, 0.3) is 0 Å². The lowest BCUT2D eigenvalue weighted by Gasteiger charge is -1.97. The van der Waals surface area contributed by atoms with Crippen LogP contribution in [0, 0.1) is 10.1 Å². The molecule has 2 atom stereocenters. The highest BCUT2D eigenvalue weighted by Gasteiger charge is 2.65. The summed E-state index contributed by atoms with van der Waals surface area (Å²) in [4.78, 5) is 10.2. The average molecular weight is 214 g/mol. The van der Waals surface area contributed by atoms with Crippen molar-refractivity contribution in [2.24, 2.45) is 0 Å². The summed E-state index contributed by atoms with van der Waals surface area (Å²) >= 11 is 5.70. The smallest absolute Gasteiger partial charge is 0.294 e. The Kier molecular flexibility index (Phi) is 1.97. The van der Waals surface area contributed by atoms with Crippen molar-refractivity contribution in [3.8, 4) is 0 Å². The Morgan fingerprint density at radius 1 is 1.50 bits per heavy atom. The van der Waals surface area contributed by atoms with Crippen LogP contribution in [0.1, 0.15) is 18.6 Å². The molecule has 0 spiro atoms. The fraction of sp³-hybridized carbons (Fsp3) is 0.333. The molecule has 1 fully saturated rings. The highest BCUT2D eigenvalue weighted by atomic mass is 35.5. The van der Waals surface area contributed by atoms with Gasteiger partial charge in [-0.05, 0) is 17.7 Å². The molecule has 1 aliphatic heterocycles. The second-order valence-corrected chi connectivity index (χ2v) is 3.80. The highest BCUT2D eigenvalue weighted by molar-refractivity contribution is 6.30. The summed E-state index contributed by atoms with van der Waals surface area (Å²) in [6.45, 7) is 1.46. The molecule has 5 heteroatoms. The maximum absolute atomic E-state index is 10.6. The Hall–Kier alpha value is -1.13. The van der Waals surface area contributed by atoms with Gasteiger partial charge in [-0.25, -0.2) is 0 Å². The van der Waals surface area contributed by atoms with E-state index in [-0.39, 0.29) is 0 Å². The van der Waals surface area contributed by atoms with Crippen LogP contribution in [-0.4, -0.2) is 10.6 Å². The normalized spacial score (nSPS) is 30.0. The average Bonchev–Trinajstić information content (AvgIpc) is 2.81. The van der Waals surface area contributed by atoms with Crippen LogP contribution in [-0.2, 0) is 4.74 Å².